The molecule has 0 fully saturated rings. The van der Waals surface area contributed by atoms with Crippen molar-refractivity contribution in [2.24, 2.45) is 0 Å². The number of aromatic nitrogens is 3. The van der Waals surface area contributed by atoms with Gasteiger partial charge in [0.2, 0.25) is 0 Å². The summed E-state index contributed by atoms with van der Waals surface area (Å²) in [6.45, 7) is 1.97. The van der Waals surface area contributed by atoms with Gasteiger partial charge in [0.1, 0.15) is 10.6 Å². The largest absolute Gasteiger partial charge is 0.383 e. The molecule has 120 valence electrons. The number of benzene rings is 1. The molecular formula is C18H16N4S2. The molecule has 4 aromatic rings. The lowest BCUT2D eigenvalue weighted by Crippen LogP contribution is -1.95. The molecule has 0 aliphatic heterocycles. The molecule has 24 heavy (non-hydrogen) atoms. The number of rotatable bonds is 4. The van der Waals surface area contributed by atoms with Gasteiger partial charge in [0, 0.05) is 16.0 Å². The summed E-state index contributed by atoms with van der Waals surface area (Å²) >= 11 is 3.24. The number of nitrogens with zero attached hydrogens (tertiary/aromatic N) is 3. The monoisotopic (exact) mass is 352 g/mol. The normalized spacial score (nSPS) is 11.2. The second-order valence-electron chi connectivity index (χ2n) is 5.64. The van der Waals surface area contributed by atoms with Crippen molar-refractivity contribution < 1.29 is 0 Å². The molecule has 4 nitrogen and oxygen atoms in total. The minimum atomic E-state index is 0.532. The Labute approximate surface area is 148 Å². The van der Waals surface area contributed by atoms with Gasteiger partial charge >= 0.3 is 0 Å². The van der Waals surface area contributed by atoms with Gasteiger partial charge in [-0.2, -0.15) is 0 Å². The van der Waals surface area contributed by atoms with Crippen molar-refractivity contribution in [1.82, 2.24) is 15.0 Å². The Morgan fingerprint density at radius 2 is 1.88 bits per heavy atom. The van der Waals surface area contributed by atoms with Gasteiger partial charge < -0.3 is 5.73 Å². The van der Waals surface area contributed by atoms with Crippen molar-refractivity contribution in [2.75, 3.05) is 5.73 Å². The average Bonchev–Trinajstić information content (AvgIpc) is 3.20. The zero-order valence-electron chi connectivity index (χ0n) is 13.2. The first-order chi connectivity index (χ1) is 11.7. The van der Waals surface area contributed by atoms with Gasteiger partial charge in [-0.1, -0.05) is 30.3 Å². The number of nitrogens with two attached hydrogens (primary N) is 1. The third kappa shape index (κ3) is 3.02. The first kappa shape index (κ1) is 15.2. The van der Waals surface area contributed by atoms with E-state index in [1.165, 1.54) is 10.4 Å². The lowest BCUT2D eigenvalue weighted by Gasteiger charge is -1.98. The van der Waals surface area contributed by atoms with E-state index in [9.17, 15) is 0 Å². The summed E-state index contributed by atoms with van der Waals surface area (Å²) in [4.78, 5) is 15.8. The molecule has 0 aliphatic rings. The fraction of sp³-hybridized carbons (Fsp3) is 0.167. The second kappa shape index (κ2) is 6.30. The van der Waals surface area contributed by atoms with Crippen LogP contribution in [0.1, 0.15) is 16.1 Å². The summed E-state index contributed by atoms with van der Waals surface area (Å²) in [5.41, 5.74) is 8.47. The van der Waals surface area contributed by atoms with Crippen LogP contribution < -0.4 is 5.73 Å². The Morgan fingerprint density at radius 3 is 2.62 bits per heavy atom. The summed E-state index contributed by atoms with van der Waals surface area (Å²) in [7, 11) is 0. The second-order valence-corrected chi connectivity index (χ2v) is 7.62. The van der Waals surface area contributed by atoms with Gasteiger partial charge in [-0.3, -0.25) is 0 Å². The molecule has 0 radical (unpaired) electrons. The van der Waals surface area contributed by atoms with Crippen LogP contribution in [-0.4, -0.2) is 15.0 Å². The molecule has 0 spiro atoms. The number of hydrogen-bond acceptors (Lipinski definition) is 6. The highest BCUT2D eigenvalue weighted by Gasteiger charge is 2.13. The molecule has 0 amide bonds. The standard InChI is InChI=1S/C18H16N4S2/c1-11-10-23-18(20-11)16-21-15(19)14-9-13(24-17(14)22-16)8-7-12-5-3-2-4-6-12/h2-6,9-10H,7-8H2,1H3,(H2,19,21,22). The minimum Gasteiger partial charge on any atom is -0.383 e. The molecule has 2 N–H and O–H groups in total. The molecule has 3 aromatic heterocycles. The highest BCUT2D eigenvalue weighted by Crippen LogP contribution is 2.31. The van der Waals surface area contributed by atoms with Crippen LogP contribution in [0.5, 0.6) is 0 Å². The van der Waals surface area contributed by atoms with Crippen molar-refractivity contribution in [3.05, 3.63) is 57.9 Å². The SMILES string of the molecule is Cc1csc(-c2nc(N)c3cc(CCc4ccccc4)sc3n2)n1. The predicted octanol–water partition coefficient (Wildman–Crippen LogP) is 4.49. The number of thiazole rings is 1. The lowest BCUT2D eigenvalue weighted by atomic mass is 10.1. The maximum Gasteiger partial charge on any atom is 0.192 e. The predicted molar refractivity (Wildman–Crippen MR) is 102 cm³/mol. The summed E-state index contributed by atoms with van der Waals surface area (Å²) in [6, 6.07) is 12.6. The van der Waals surface area contributed by atoms with Crippen molar-refractivity contribution in [1.29, 1.82) is 0 Å². The highest BCUT2D eigenvalue weighted by atomic mass is 32.1. The Morgan fingerprint density at radius 1 is 1.04 bits per heavy atom. The smallest absolute Gasteiger partial charge is 0.192 e. The maximum atomic E-state index is 6.15. The number of aryl methyl sites for hydroxylation is 3. The highest BCUT2D eigenvalue weighted by molar-refractivity contribution is 7.18. The molecule has 0 unspecified atom stereocenters. The first-order valence-electron chi connectivity index (χ1n) is 7.71. The van der Waals surface area contributed by atoms with Crippen LogP contribution >= 0.6 is 22.7 Å². The number of hydrogen-bond donors (Lipinski definition) is 1. The van der Waals surface area contributed by atoms with Crippen molar-refractivity contribution >= 4 is 38.7 Å². The van der Waals surface area contributed by atoms with Crippen LogP contribution in [0.3, 0.4) is 0 Å². The quantitative estimate of drug-likeness (QED) is 0.588. The van der Waals surface area contributed by atoms with Crippen LogP contribution in [0, 0.1) is 6.92 Å². The van der Waals surface area contributed by atoms with E-state index in [0.29, 0.717) is 11.6 Å². The van der Waals surface area contributed by atoms with Crippen LogP contribution in [0.15, 0.2) is 41.8 Å². The molecule has 3 heterocycles. The van der Waals surface area contributed by atoms with E-state index >= 15 is 0 Å². The fourth-order valence-electron chi connectivity index (χ4n) is 2.58. The van der Waals surface area contributed by atoms with Crippen LogP contribution in [0.4, 0.5) is 5.82 Å². The van der Waals surface area contributed by atoms with E-state index in [1.54, 1.807) is 22.7 Å². The van der Waals surface area contributed by atoms with Crippen LogP contribution in [0.2, 0.25) is 0 Å². The number of thiophene rings is 1. The van der Waals surface area contributed by atoms with E-state index in [0.717, 1.165) is 33.8 Å². The number of anilines is 1. The van der Waals surface area contributed by atoms with Crippen molar-refractivity contribution in [3.63, 3.8) is 0 Å². The van der Waals surface area contributed by atoms with Gasteiger partial charge in [0.25, 0.3) is 0 Å². The molecule has 0 aliphatic carbocycles. The molecule has 0 saturated heterocycles. The molecule has 6 heteroatoms. The molecule has 0 bridgehead atoms. The average molecular weight is 352 g/mol. The van der Waals surface area contributed by atoms with Gasteiger partial charge in [-0.25, -0.2) is 15.0 Å². The Hall–Kier alpha value is -2.31. The zero-order chi connectivity index (χ0) is 16.5. The van der Waals surface area contributed by atoms with Gasteiger partial charge in [-0.05, 0) is 31.4 Å². The number of nitrogen functional groups attached to an aromatic ring is 1. The maximum absolute atomic E-state index is 6.15. The van der Waals surface area contributed by atoms with E-state index in [1.807, 2.05) is 18.4 Å². The lowest BCUT2D eigenvalue weighted by molar-refractivity contribution is 0.982. The summed E-state index contributed by atoms with van der Waals surface area (Å²) in [5.74, 6) is 1.15. The van der Waals surface area contributed by atoms with Gasteiger partial charge in [0.05, 0.1) is 5.39 Å². The Bertz CT molecular complexity index is 989. The molecule has 4 rings (SSSR count). The third-order valence-electron chi connectivity index (χ3n) is 3.79. The van der Waals surface area contributed by atoms with E-state index < -0.39 is 0 Å². The minimum absolute atomic E-state index is 0.532. The Balaban J connectivity index is 1.64. The molecule has 1 aromatic carbocycles. The summed E-state index contributed by atoms with van der Waals surface area (Å²) in [6.07, 6.45) is 2.00. The zero-order valence-corrected chi connectivity index (χ0v) is 14.8. The molecular weight excluding hydrogens is 336 g/mol. The van der Waals surface area contributed by atoms with Crippen LogP contribution in [-0.2, 0) is 12.8 Å². The van der Waals surface area contributed by atoms with E-state index in [2.05, 4.69) is 45.3 Å². The van der Waals surface area contributed by atoms with E-state index in [4.69, 9.17) is 5.73 Å². The van der Waals surface area contributed by atoms with Gasteiger partial charge in [-0.15, -0.1) is 22.7 Å². The first-order valence-corrected chi connectivity index (χ1v) is 9.41. The van der Waals surface area contributed by atoms with Crippen molar-refractivity contribution in [3.8, 4) is 10.8 Å². The van der Waals surface area contributed by atoms with E-state index in [-0.39, 0.29) is 0 Å². The van der Waals surface area contributed by atoms with Crippen molar-refractivity contribution in [2.45, 2.75) is 19.8 Å². The topological polar surface area (TPSA) is 64.7 Å². The molecule has 0 atom stereocenters. The van der Waals surface area contributed by atoms with Crippen LogP contribution in [0.25, 0.3) is 21.0 Å². The summed E-state index contributed by atoms with van der Waals surface area (Å²) < 4.78 is 0. The molecule has 0 saturated carbocycles. The van der Waals surface area contributed by atoms with Gasteiger partial charge in [0.15, 0.2) is 10.8 Å². The number of fused-ring (bicyclic) bond motifs is 1. The fourth-order valence-corrected chi connectivity index (χ4v) is 4.34. The Kier molecular flexibility index (Phi) is 4.00. The third-order valence-corrected chi connectivity index (χ3v) is 5.83. The summed E-state index contributed by atoms with van der Waals surface area (Å²) in [5, 5.41) is 3.76.